The average Bonchev–Trinajstić information content (AvgIpc) is 2.89. The quantitative estimate of drug-likeness (QED) is 0.460. The van der Waals surface area contributed by atoms with E-state index in [2.05, 4.69) is 17.3 Å². The highest BCUT2D eigenvalue weighted by molar-refractivity contribution is 7.10. The topological polar surface area (TPSA) is 90.4 Å². The molecule has 0 saturated carbocycles. The molecule has 2 heterocycles. The van der Waals surface area contributed by atoms with Crippen molar-refractivity contribution in [1.29, 1.82) is 0 Å². The molecule has 0 saturated heterocycles. The summed E-state index contributed by atoms with van der Waals surface area (Å²) in [6, 6.07) is 1.35. The van der Waals surface area contributed by atoms with E-state index in [4.69, 9.17) is 15.0 Å². The number of nitrogens with zero attached hydrogens (tertiary/aromatic N) is 1. The maximum absolute atomic E-state index is 11.9. The molecule has 0 aromatic carbocycles. The molecule has 0 spiro atoms. The Hall–Kier alpha value is -1.70. The molecule has 2 aromatic rings. The van der Waals surface area contributed by atoms with E-state index in [9.17, 15) is 4.79 Å². The number of aromatic nitrogens is 1. The van der Waals surface area contributed by atoms with Crippen molar-refractivity contribution in [3.8, 4) is 17.2 Å². The van der Waals surface area contributed by atoms with Crippen molar-refractivity contribution in [3.63, 3.8) is 0 Å². The van der Waals surface area contributed by atoms with Crippen LogP contribution >= 0.6 is 11.3 Å². The molecule has 2 aromatic heterocycles. The zero-order valence-corrected chi connectivity index (χ0v) is 12.0. The third-order valence-corrected chi connectivity index (χ3v) is 3.53. The molecule has 0 unspecified atom stereocenters. The highest BCUT2D eigenvalue weighted by atomic mass is 32.1. The Labute approximate surface area is 120 Å². The van der Waals surface area contributed by atoms with Gasteiger partial charge in [-0.25, -0.2) is 4.98 Å². The van der Waals surface area contributed by atoms with Crippen LogP contribution < -0.4 is 21.4 Å². The number of hydrogen-bond donors (Lipinski definition) is 2. The van der Waals surface area contributed by atoms with Gasteiger partial charge in [-0.3, -0.25) is 16.1 Å². The monoisotopic (exact) mass is 295 g/mol. The summed E-state index contributed by atoms with van der Waals surface area (Å²) < 4.78 is 11.0. The van der Waals surface area contributed by atoms with Crippen molar-refractivity contribution in [2.24, 2.45) is 5.84 Å². The van der Waals surface area contributed by atoms with Crippen molar-refractivity contribution < 1.29 is 9.15 Å². The van der Waals surface area contributed by atoms with E-state index in [1.807, 2.05) is 0 Å². The summed E-state index contributed by atoms with van der Waals surface area (Å²) in [5, 5.41) is 0. The maximum Gasteiger partial charge on any atom is 0.227 e. The third kappa shape index (κ3) is 3.24. The van der Waals surface area contributed by atoms with Gasteiger partial charge >= 0.3 is 0 Å². The second kappa shape index (κ2) is 7.18. The molecular weight excluding hydrogens is 278 g/mol. The maximum atomic E-state index is 11.9. The van der Waals surface area contributed by atoms with Crippen molar-refractivity contribution >= 4 is 11.3 Å². The summed E-state index contributed by atoms with van der Waals surface area (Å²) in [6.45, 7) is 2.99. The van der Waals surface area contributed by atoms with Crippen molar-refractivity contribution in [2.45, 2.75) is 26.3 Å². The van der Waals surface area contributed by atoms with E-state index in [1.165, 1.54) is 23.7 Å². The molecule has 7 heteroatoms. The van der Waals surface area contributed by atoms with Crippen LogP contribution in [0.3, 0.4) is 0 Å². The smallest absolute Gasteiger partial charge is 0.227 e. The van der Waals surface area contributed by atoms with Crippen molar-refractivity contribution in [1.82, 2.24) is 10.4 Å². The van der Waals surface area contributed by atoms with Gasteiger partial charge in [0.1, 0.15) is 5.69 Å². The molecule has 0 atom stereocenters. The molecule has 0 radical (unpaired) electrons. The Morgan fingerprint density at radius 2 is 2.40 bits per heavy atom. The normalized spacial score (nSPS) is 10.7. The second-order valence-electron chi connectivity index (χ2n) is 4.15. The fraction of sp³-hybridized carbons (Fsp3) is 0.385. The van der Waals surface area contributed by atoms with Crippen LogP contribution in [0.2, 0.25) is 0 Å². The van der Waals surface area contributed by atoms with E-state index in [1.54, 1.807) is 5.51 Å². The summed E-state index contributed by atoms with van der Waals surface area (Å²) in [7, 11) is 0. The molecule has 0 aliphatic heterocycles. The van der Waals surface area contributed by atoms with Gasteiger partial charge in [0.25, 0.3) is 0 Å². The van der Waals surface area contributed by atoms with Crippen molar-refractivity contribution in [3.05, 3.63) is 32.9 Å². The van der Waals surface area contributed by atoms with Gasteiger partial charge in [0.05, 0.1) is 23.3 Å². The predicted molar refractivity (Wildman–Crippen MR) is 77.5 cm³/mol. The minimum Gasteiger partial charge on any atom is -0.486 e. The molecule has 0 aliphatic rings. The number of hydrazine groups is 1. The van der Waals surface area contributed by atoms with Gasteiger partial charge < -0.3 is 9.15 Å². The van der Waals surface area contributed by atoms with Crippen LogP contribution in [-0.4, -0.2) is 11.6 Å². The molecular formula is C13H17N3O3S. The Balaban J connectivity index is 2.37. The van der Waals surface area contributed by atoms with Crippen LogP contribution in [0.15, 0.2) is 27.1 Å². The standard InChI is InChI=1S/C13H17N3O3S/c1-2-3-5-18-12-9(17)4-6-19-13(12)11-10(7-16-14)20-8-15-11/h4,6,8,16H,2-3,5,7,14H2,1H3. The van der Waals surface area contributed by atoms with Gasteiger partial charge in [0.15, 0.2) is 5.76 Å². The molecule has 108 valence electrons. The van der Waals surface area contributed by atoms with Crippen LogP contribution in [0, 0.1) is 0 Å². The molecule has 3 N–H and O–H groups in total. The van der Waals surface area contributed by atoms with Gasteiger partial charge in [0, 0.05) is 12.6 Å². The first-order valence-electron chi connectivity index (χ1n) is 6.38. The molecule has 2 rings (SSSR count). The molecule has 0 aliphatic carbocycles. The van der Waals surface area contributed by atoms with Gasteiger partial charge in [0.2, 0.25) is 11.2 Å². The number of rotatable bonds is 7. The lowest BCUT2D eigenvalue weighted by atomic mass is 10.2. The van der Waals surface area contributed by atoms with Crippen molar-refractivity contribution in [2.75, 3.05) is 6.61 Å². The minimum atomic E-state index is -0.206. The first-order chi connectivity index (χ1) is 9.77. The second-order valence-corrected chi connectivity index (χ2v) is 5.09. The van der Waals surface area contributed by atoms with E-state index in [0.717, 1.165) is 17.7 Å². The molecule has 20 heavy (non-hydrogen) atoms. The number of unbranched alkanes of at least 4 members (excludes halogenated alkanes) is 1. The number of nitrogens with two attached hydrogens (primary N) is 1. The molecule has 0 bridgehead atoms. The summed E-state index contributed by atoms with van der Waals surface area (Å²) >= 11 is 1.44. The highest BCUT2D eigenvalue weighted by Gasteiger charge is 2.18. The van der Waals surface area contributed by atoms with Gasteiger partial charge in [-0.15, -0.1) is 11.3 Å². The lowest BCUT2D eigenvalue weighted by molar-refractivity contribution is 0.299. The summed E-state index contributed by atoms with van der Waals surface area (Å²) in [6.07, 6.45) is 3.22. The Morgan fingerprint density at radius 1 is 1.55 bits per heavy atom. The Morgan fingerprint density at radius 3 is 3.15 bits per heavy atom. The predicted octanol–water partition coefficient (Wildman–Crippen LogP) is 1.91. The first kappa shape index (κ1) is 14.7. The van der Waals surface area contributed by atoms with Gasteiger partial charge in [-0.2, -0.15) is 0 Å². The zero-order chi connectivity index (χ0) is 14.4. The van der Waals surface area contributed by atoms with Gasteiger partial charge in [-0.1, -0.05) is 13.3 Å². The highest BCUT2D eigenvalue weighted by Crippen LogP contribution is 2.30. The third-order valence-electron chi connectivity index (χ3n) is 2.70. The van der Waals surface area contributed by atoms with Crippen LogP contribution in [0.5, 0.6) is 5.75 Å². The van der Waals surface area contributed by atoms with Crippen LogP contribution in [0.1, 0.15) is 24.6 Å². The van der Waals surface area contributed by atoms with Crippen LogP contribution in [0.25, 0.3) is 11.5 Å². The molecule has 6 nitrogen and oxygen atoms in total. The minimum absolute atomic E-state index is 0.206. The largest absolute Gasteiger partial charge is 0.486 e. The first-order valence-corrected chi connectivity index (χ1v) is 7.26. The van der Waals surface area contributed by atoms with Crippen LogP contribution in [-0.2, 0) is 6.54 Å². The zero-order valence-electron chi connectivity index (χ0n) is 11.2. The van der Waals surface area contributed by atoms with E-state index in [-0.39, 0.29) is 11.2 Å². The molecule has 0 amide bonds. The summed E-state index contributed by atoms with van der Waals surface area (Å²) in [5.74, 6) is 5.91. The fourth-order valence-corrected chi connectivity index (χ4v) is 2.41. The average molecular weight is 295 g/mol. The van der Waals surface area contributed by atoms with E-state index >= 15 is 0 Å². The van der Waals surface area contributed by atoms with E-state index < -0.39 is 0 Å². The lowest BCUT2D eigenvalue weighted by Crippen LogP contribution is -2.20. The number of thiazole rings is 1. The van der Waals surface area contributed by atoms with Crippen LogP contribution in [0.4, 0.5) is 0 Å². The van der Waals surface area contributed by atoms with E-state index in [0.29, 0.717) is 24.6 Å². The molecule has 0 fully saturated rings. The Bertz CT molecular complexity index is 609. The van der Waals surface area contributed by atoms with Gasteiger partial charge in [-0.05, 0) is 6.42 Å². The summed E-state index contributed by atoms with van der Waals surface area (Å²) in [5.41, 5.74) is 4.65. The number of ether oxygens (including phenoxy) is 1. The lowest BCUT2D eigenvalue weighted by Gasteiger charge is -2.08. The summed E-state index contributed by atoms with van der Waals surface area (Å²) in [4.78, 5) is 17.1. The fourth-order valence-electron chi connectivity index (χ4n) is 1.70. The number of hydrogen-bond acceptors (Lipinski definition) is 7. The number of nitrogens with one attached hydrogen (secondary N) is 1. The Kier molecular flexibility index (Phi) is 5.28. The SMILES string of the molecule is CCCCOc1c(-c2ncsc2CNN)occc1=O.